The first kappa shape index (κ1) is 23.4. The van der Waals surface area contributed by atoms with Crippen LogP contribution in [0.15, 0.2) is 60.7 Å². The van der Waals surface area contributed by atoms with Crippen LogP contribution in [-0.4, -0.2) is 59.9 Å². The SMILES string of the molecule is CC(C)(C)OC(=O)N1CCN(C(=O)OCc2ccccc2)CC1CCOc1ccccc1. The van der Waals surface area contributed by atoms with Crippen LogP contribution < -0.4 is 4.74 Å². The molecule has 32 heavy (non-hydrogen) atoms. The van der Waals surface area contributed by atoms with E-state index in [1.807, 2.05) is 81.4 Å². The van der Waals surface area contributed by atoms with Crippen LogP contribution in [0.5, 0.6) is 5.75 Å². The van der Waals surface area contributed by atoms with E-state index in [2.05, 4.69) is 0 Å². The highest BCUT2D eigenvalue weighted by molar-refractivity contribution is 5.71. The normalized spacial score (nSPS) is 16.4. The van der Waals surface area contributed by atoms with Crippen molar-refractivity contribution in [3.05, 3.63) is 66.2 Å². The third-order valence-electron chi connectivity index (χ3n) is 5.04. The summed E-state index contributed by atoms with van der Waals surface area (Å²) in [5, 5.41) is 0. The highest BCUT2D eigenvalue weighted by Crippen LogP contribution is 2.20. The molecule has 2 amide bonds. The van der Waals surface area contributed by atoms with E-state index in [0.29, 0.717) is 32.7 Å². The molecule has 0 bridgehead atoms. The van der Waals surface area contributed by atoms with Crippen molar-refractivity contribution < 1.29 is 23.8 Å². The molecule has 7 heteroatoms. The third kappa shape index (κ3) is 7.18. The van der Waals surface area contributed by atoms with Crippen LogP contribution in [-0.2, 0) is 16.1 Å². The predicted molar refractivity (Wildman–Crippen MR) is 121 cm³/mol. The number of hydrogen-bond acceptors (Lipinski definition) is 5. The molecule has 0 spiro atoms. The van der Waals surface area contributed by atoms with E-state index in [1.165, 1.54) is 0 Å². The first-order valence-electron chi connectivity index (χ1n) is 10.9. The molecule has 0 aliphatic carbocycles. The van der Waals surface area contributed by atoms with Crippen LogP contribution in [0.3, 0.4) is 0 Å². The van der Waals surface area contributed by atoms with Gasteiger partial charge in [-0.1, -0.05) is 48.5 Å². The Bertz CT molecular complexity index is 867. The van der Waals surface area contributed by atoms with Gasteiger partial charge >= 0.3 is 12.2 Å². The highest BCUT2D eigenvalue weighted by atomic mass is 16.6. The summed E-state index contributed by atoms with van der Waals surface area (Å²) in [7, 11) is 0. The number of para-hydroxylation sites is 1. The molecule has 1 unspecified atom stereocenters. The molecule has 2 aromatic rings. The predicted octanol–water partition coefficient (Wildman–Crippen LogP) is 4.71. The zero-order chi connectivity index (χ0) is 23.0. The number of benzene rings is 2. The van der Waals surface area contributed by atoms with E-state index in [0.717, 1.165) is 11.3 Å². The van der Waals surface area contributed by atoms with Crippen molar-refractivity contribution in [2.75, 3.05) is 26.2 Å². The van der Waals surface area contributed by atoms with Crippen molar-refractivity contribution >= 4 is 12.2 Å². The number of piperazine rings is 1. The molecule has 1 saturated heterocycles. The summed E-state index contributed by atoms with van der Waals surface area (Å²) < 4.78 is 16.9. The minimum absolute atomic E-state index is 0.216. The van der Waals surface area contributed by atoms with Gasteiger partial charge < -0.3 is 24.0 Å². The fourth-order valence-electron chi connectivity index (χ4n) is 3.47. The number of carbonyl (C=O) groups excluding carboxylic acids is 2. The number of amides is 2. The molecular weight excluding hydrogens is 408 g/mol. The fourth-order valence-corrected chi connectivity index (χ4v) is 3.47. The van der Waals surface area contributed by atoms with Crippen LogP contribution in [0, 0.1) is 0 Å². The van der Waals surface area contributed by atoms with Gasteiger partial charge in [-0.05, 0) is 38.5 Å². The van der Waals surface area contributed by atoms with Crippen molar-refractivity contribution in [2.24, 2.45) is 0 Å². The molecule has 172 valence electrons. The Morgan fingerprint density at radius 1 is 0.938 bits per heavy atom. The highest BCUT2D eigenvalue weighted by Gasteiger charge is 2.35. The van der Waals surface area contributed by atoms with Crippen molar-refractivity contribution in [1.82, 2.24) is 9.80 Å². The minimum atomic E-state index is -0.589. The average Bonchev–Trinajstić information content (AvgIpc) is 2.77. The van der Waals surface area contributed by atoms with Crippen LogP contribution in [0.1, 0.15) is 32.8 Å². The maximum atomic E-state index is 12.8. The largest absolute Gasteiger partial charge is 0.494 e. The van der Waals surface area contributed by atoms with E-state index in [1.54, 1.807) is 9.80 Å². The Morgan fingerprint density at radius 2 is 1.59 bits per heavy atom. The zero-order valence-corrected chi connectivity index (χ0v) is 19.0. The lowest BCUT2D eigenvalue weighted by atomic mass is 10.1. The summed E-state index contributed by atoms with van der Waals surface area (Å²) in [5.41, 5.74) is 0.342. The topological polar surface area (TPSA) is 68.3 Å². The lowest BCUT2D eigenvalue weighted by Gasteiger charge is -2.41. The van der Waals surface area contributed by atoms with Gasteiger partial charge in [0.15, 0.2) is 0 Å². The molecule has 3 rings (SSSR count). The Labute approximate surface area is 189 Å². The molecule has 1 heterocycles. The monoisotopic (exact) mass is 440 g/mol. The van der Waals surface area contributed by atoms with E-state index >= 15 is 0 Å². The minimum Gasteiger partial charge on any atom is -0.494 e. The Hall–Kier alpha value is -3.22. The second kappa shape index (κ2) is 10.9. The summed E-state index contributed by atoms with van der Waals surface area (Å²) in [5.74, 6) is 0.770. The summed E-state index contributed by atoms with van der Waals surface area (Å²) in [6, 6.07) is 18.9. The summed E-state index contributed by atoms with van der Waals surface area (Å²) >= 11 is 0. The first-order chi connectivity index (χ1) is 15.3. The van der Waals surface area contributed by atoms with Gasteiger partial charge in [-0.3, -0.25) is 0 Å². The zero-order valence-electron chi connectivity index (χ0n) is 19.0. The second-order valence-electron chi connectivity index (χ2n) is 8.76. The molecular formula is C25H32N2O5. The van der Waals surface area contributed by atoms with Gasteiger partial charge in [0.2, 0.25) is 0 Å². The molecule has 7 nitrogen and oxygen atoms in total. The van der Waals surface area contributed by atoms with Gasteiger partial charge in [-0.15, -0.1) is 0 Å². The van der Waals surface area contributed by atoms with Crippen molar-refractivity contribution in [2.45, 2.75) is 45.4 Å². The molecule has 2 aromatic carbocycles. The summed E-state index contributed by atoms with van der Waals surface area (Å²) in [6.45, 7) is 7.30. The molecule has 1 atom stereocenters. The number of rotatable bonds is 6. The third-order valence-corrected chi connectivity index (χ3v) is 5.04. The van der Waals surface area contributed by atoms with E-state index < -0.39 is 5.60 Å². The molecule has 1 fully saturated rings. The first-order valence-corrected chi connectivity index (χ1v) is 10.9. The van der Waals surface area contributed by atoms with E-state index in [9.17, 15) is 9.59 Å². The molecule has 0 radical (unpaired) electrons. The van der Waals surface area contributed by atoms with Crippen LogP contribution in [0.25, 0.3) is 0 Å². The maximum absolute atomic E-state index is 12.8. The standard InChI is InChI=1S/C25H32N2O5/c1-25(2,3)32-24(29)27-16-15-26(23(28)31-19-20-10-6-4-7-11-20)18-21(27)14-17-30-22-12-8-5-9-13-22/h4-13,21H,14-19H2,1-3H3. The van der Waals surface area contributed by atoms with Crippen LogP contribution in [0.4, 0.5) is 9.59 Å². The van der Waals surface area contributed by atoms with Gasteiger partial charge in [0, 0.05) is 26.1 Å². The molecule has 1 aliphatic heterocycles. The van der Waals surface area contributed by atoms with Gasteiger partial charge in [0.1, 0.15) is 18.0 Å². The number of ether oxygens (including phenoxy) is 3. The number of nitrogens with zero attached hydrogens (tertiary/aromatic N) is 2. The van der Waals surface area contributed by atoms with E-state index in [4.69, 9.17) is 14.2 Å². The smallest absolute Gasteiger partial charge is 0.410 e. The molecule has 0 aromatic heterocycles. The van der Waals surface area contributed by atoms with Crippen LogP contribution >= 0.6 is 0 Å². The Kier molecular flexibility index (Phi) is 7.98. The quantitative estimate of drug-likeness (QED) is 0.651. The molecule has 0 N–H and O–H groups in total. The van der Waals surface area contributed by atoms with Gasteiger partial charge in [-0.2, -0.15) is 0 Å². The lowest BCUT2D eigenvalue weighted by Crippen LogP contribution is -2.57. The van der Waals surface area contributed by atoms with Crippen molar-refractivity contribution in [3.63, 3.8) is 0 Å². The molecule has 0 saturated carbocycles. The molecule has 1 aliphatic rings. The van der Waals surface area contributed by atoms with Crippen LogP contribution in [0.2, 0.25) is 0 Å². The average molecular weight is 441 g/mol. The lowest BCUT2D eigenvalue weighted by molar-refractivity contribution is -0.00614. The summed E-state index contributed by atoms with van der Waals surface area (Å²) in [4.78, 5) is 28.8. The number of hydrogen-bond donors (Lipinski definition) is 0. The van der Waals surface area contributed by atoms with Gasteiger partial charge in [0.25, 0.3) is 0 Å². The Balaban J connectivity index is 1.60. The van der Waals surface area contributed by atoms with E-state index in [-0.39, 0.29) is 24.8 Å². The fraction of sp³-hybridized carbons (Fsp3) is 0.440. The Morgan fingerprint density at radius 3 is 2.25 bits per heavy atom. The van der Waals surface area contributed by atoms with Gasteiger partial charge in [0.05, 0.1) is 12.6 Å². The van der Waals surface area contributed by atoms with Crippen molar-refractivity contribution in [3.8, 4) is 5.75 Å². The second-order valence-corrected chi connectivity index (χ2v) is 8.76. The van der Waals surface area contributed by atoms with Gasteiger partial charge in [-0.25, -0.2) is 9.59 Å². The van der Waals surface area contributed by atoms with Crippen molar-refractivity contribution in [1.29, 1.82) is 0 Å². The summed E-state index contributed by atoms with van der Waals surface area (Å²) in [6.07, 6.45) is -0.192. The number of carbonyl (C=O) groups is 2. The maximum Gasteiger partial charge on any atom is 0.410 e.